The Hall–Kier alpha value is -1.82. The lowest BCUT2D eigenvalue weighted by molar-refractivity contribution is -0.117. The molecule has 0 saturated heterocycles. The van der Waals surface area contributed by atoms with E-state index in [1.165, 1.54) is 0 Å². The highest BCUT2D eigenvalue weighted by Gasteiger charge is 2.15. The molecule has 0 unspecified atom stereocenters. The van der Waals surface area contributed by atoms with Crippen molar-refractivity contribution < 1.29 is 9.53 Å². The van der Waals surface area contributed by atoms with Crippen molar-refractivity contribution in [1.82, 2.24) is 4.98 Å². The zero-order valence-electron chi connectivity index (χ0n) is 15.5. The summed E-state index contributed by atoms with van der Waals surface area (Å²) in [5, 5.41) is 2.85. The minimum Gasteiger partial charge on any atom is -0.439 e. The number of nitrogens with two attached hydrogens (primary N) is 1. The highest BCUT2D eigenvalue weighted by atomic mass is 35.5. The van der Waals surface area contributed by atoms with E-state index in [4.69, 9.17) is 10.5 Å². The van der Waals surface area contributed by atoms with Gasteiger partial charge in [-0.3, -0.25) is 4.79 Å². The fourth-order valence-electron chi connectivity index (χ4n) is 2.31. The summed E-state index contributed by atoms with van der Waals surface area (Å²) in [7, 11) is 0. The van der Waals surface area contributed by atoms with Gasteiger partial charge in [0, 0.05) is 24.0 Å². The zero-order chi connectivity index (χ0) is 17.7. The molecule has 0 aliphatic rings. The van der Waals surface area contributed by atoms with Crippen molar-refractivity contribution in [2.45, 2.75) is 40.2 Å². The Bertz CT molecular complexity index is 724. The van der Waals surface area contributed by atoms with Crippen molar-refractivity contribution in [3.63, 3.8) is 0 Å². The molecule has 0 spiro atoms. The van der Waals surface area contributed by atoms with Gasteiger partial charge in [-0.05, 0) is 49.4 Å². The van der Waals surface area contributed by atoms with E-state index in [0.29, 0.717) is 29.7 Å². The normalized spacial score (nSPS) is 11.2. The molecule has 7 heteroatoms. The van der Waals surface area contributed by atoms with Gasteiger partial charge in [-0.1, -0.05) is 19.9 Å². The molecule has 1 aromatic carbocycles. The van der Waals surface area contributed by atoms with Crippen molar-refractivity contribution in [3.05, 3.63) is 47.7 Å². The third kappa shape index (κ3) is 7.20. The number of benzene rings is 1. The van der Waals surface area contributed by atoms with E-state index in [-0.39, 0.29) is 30.7 Å². The molecule has 1 amide bonds. The predicted octanol–water partition coefficient (Wildman–Crippen LogP) is 4.65. The fourth-order valence-corrected chi connectivity index (χ4v) is 2.31. The lowest BCUT2D eigenvalue weighted by Crippen LogP contribution is -2.36. The quantitative estimate of drug-likeness (QED) is 0.740. The molecule has 1 atom stereocenters. The van der Waals surface area contributed by atoms with Crippen LogP contribution in [0, 0.1) is 19.8 Å². The van der Waals surface area contributed by atoms with Gasteiger partial charge in [0.2, 0.25) is 11.8 Å². The first-order valence-corrected chi connectivity index (χ1v) is 8.12. The van der Waals surface area contributed by atoms with Gasteiger partial charge in [-0.15, -0.1) is 24.8 Å². The van der Waals surface area contributed by atoms with Gasteiger partial charge in [0.05, 0.1) is 6.04 Å². The van der Waals surface area contributed by atoms with Crippen molar-refractivity contribution in [3.8, 4) is 11.6 Å². The Morgan fingerprint density at radius 3 is 2.50 bits per heavy atom. The lowest BCUT2D eigenvalue weighted by Gasteiger charge is -2.15. The summed E-state index contributed by atoms with van der Waals surface area (Å²) in [5.74, 6) is 1.36. The summed E-state index contributed by atoms with van der Waals surface area (Å²) in [4.78, 5) is 16.4. The molecule has 3 N–H and O–H groups in total. The van der Waals surface area contributed by atoms with Crippen LogP contribution in [0.15, 0.2) is 36.5 Å². The molecule has 1 aromatic heterocycles. The number of nitrogens with zero attached hydrogens (tertiary/aromatic N) is 1. The summed E-state index contributed by atoms with van der Waals surface area (Å²) >= 11 is 0. The summed E-state index contributed by atoms with van der Waals surface area (Å²) < 4.78 is 5.84. The number of aryl methyl sites for hydroxylation is 2. The van der Waals surface area contributed by atoms with Gasteiger partial charge in [-0.2, -0.15) is 0 Å². The van der Waals surface area contributed by atoms with Crippen LogP contribution in [0.25, 0.3) is 0 Å². The van der Waals surface area contributed by atoms with Crippen LogP contribution >= 0.6 is 24.8 Å². The van der Waals surface area contributed by atoms with Crippen LogP contribution in [0.5, 0.6) is 11.6 Å². The number of carbonyl (C=O) groups is 1. The first-order valence-electron chi connectivity index (χ1n) is 8.12. The first-order chi connectivity index (χ1) is 11.3. The molecule has 0 aliphatic heterocycles. The number of rotatable bonds is 6. The number of anilines is 1. The molecule has 26 heavy (non-hydrogen) atoms. The second-order valence-electron chi connectivity index (χ2n) is 6.48. The lowest BCUT2D eigenvalue weighted by atomic mass is 10.0. The molecule has 5 nitrogen and oxygen atoms in total. The molecule has 0 fully saturated rings. The maximum atomic E-state index is 12.2. The fraction of sp³-hybridized carbons (Fsp3) is 0.368. The predicted molar refractivity (Wildman–Crippen MR) is 111 cm³/mol. The van der Waals surface area contributed by atoms with Gasteiger partial charge in [0.1, 0.15) is 5.75 Å². The number of pyridine rings is 1. The smallest absolute Gasteiger partial charge is 0.241 e. The third-order valence-corrected chi connectivity index (χ3v) is 3.62. The monoisotopic (exact) mass is 399 g/mol. The SMILES string of the molecule is Cc1ccnc(Oc2cc(NC(=O)[C@@H](N)CC(C)C)ccc2C)c1.Cl.Cl. The van der Waals surface area contributed by atoms with Crippen LogP contribution in [-0.4, -0.2) is 16.9 Å². The molecule has 0 bridgehead atoms. The average Bonchev–Trinajstić information content (AvgIpc) is 2.50. The average molecular weight is 400 g/mol. The number of hydrogen-bond donors (Lipinski definition) is 2. The van der Waals surface area contributed by atoms with E-state index in [1.54, 1.807) is 12.3 Å². The zero-order valence-corrected chi connectivity index (χ0v) is 17.1. The molecule has 1 heterocycles. The van der Waals surface area contributed by atoms with Gasteiger partial charge < -0.3 is 15.8 Å². The summed E-state index contributed by atoms with van der Waals surface area (Å²) in [6, 6.07) is 8.78. The number of hydrogen-bond acceptors (Lipinski definition) is 4. The van der Waals surface area contributed by atoms with Crippen LogP contribution in [0.3, 0.4) is 0 Å². The minimum atomic E-state index is -0.519. The molecular formula is C19H27Cl2N3O2. The van der Waals surface area contributed by atoms with E-state index in [1.807, 2.05) is 52.0 Å². The maximum absolute atomic E-state index is 12.2. The van der Waals surface area contributed by atoms with E-state index in [2.05, 4.69) is 10.3 Å². The maximum Gasteiger partial charge on any atom is 0.241 e. The molecule has 2 aromatic rings. The third-order valence-electron chi connectivity index (χ3n) is 3.62. The van der Waals surface area contributed by atoms with E-state index in [0.717, 1.165) is 11.1 Å². The van der Waals surface area contributed by atoms with Crippen molar-refractivity contribution in [2.24, 2.45) is 11.7 Å². The largest absolute Gasteiger partial charge is 0.439 e. The second-order valence-corrected chi connectivity index (χ2v) is 6.48. The van der Waals surface area contributed by atoms with Crippen LogP contribution in [0.4, 0.5) is 5.69 Å². The van der Waals surface area contributed by atoms with E-state index >= 15 is 0 Å². The number of carbonyl (C=O) groups excluding carboxylic acids is 1. The Labute approximate surface area is 167 Å². The van der Waals surface area contributed by atoms with Gasteiger partial charge >= 0.3 is 0 Å². The molecule has 0 saturated carbocycles. The Balaban J connectivity index is 0.00000312. The van der Waals surface area contributed by atoms with Gasteiger partial charge in [0.15, 0.2) is 0 Å². The van der Waals surface area contributed by atoms with Crippen LogP contribution < -0.4 is 15.8 Å². The molecule has 144 valence electrons. The van der Waals surface area contributed by atoms with Crippen molar-refractivity contribution in [1.29, 1.82) is 0 Å². The molecule has 2 rings (SSSR count). The number of ether oxygens (including phenoxy) is 1. The Kier molecular flexibility index (Phi) is 10.2. The highest BCUT2D eigenvalue weighted by Crippen LogP contribution is 2.27. The van der Waals surface area contributed by atoms with Crippen LogP contribution in [0.2, 0.25) is 0 Å². The molecule has 0 aliphatic carbocycles. The number of halogens is 2. The van der Waals surface area contributed by atoms with E-state index < -0.39 is 6.04 Å². The molecular weight excluding hydrogens is 373 g/mol. The molecule has 0 radical (unpaired) electrons. The second kappa shape index (κ2) is 11.0. The number of nitrogens with one attached hydrogen (secondary N) is 1. The standard InChI is InChI=1S/C19H25N3O2.2ClH/c1-12(2)9-16(20)19(23)22-15-6-5-14(4)17(11-15)24-18-10-13(3)7-8-21-18;;/h5-8,10-12,16H,9,20H2,1-4H3,(H,22,23);2*1H/t16-;;/m0../s1. The topological polar surface area (TPSA) is 77.2 Å². The van der Waals surface area contributed by atoms with E-state index in [9.17, 15) is 4.79 Å². The number of amides is 1. The number of aromatic nitrogens is 1. The highest BCUT2D eigenvalue weighted by molar-refractivity contribution is 5.94. The summed E-state index contributed by atoms with van der Waals surface area (Å²) in [5.41, 5.74) is 8.61. The van der Waals surface area contributed by atoms with Gasteiger partial charge in [0.25, 0.3) is 0 Å². The Morgan fingerprint density at radius 1 is 1.19 bits per heavy atom. The minimum absolute atomic E-state index is 0. The summed E-state index contributed by atoms with van der Waals surface area (Å²) in [6.07, 6.45) is 2.35. The van der Waals surface area contributed by atoms with Crippen molar-refractivity contribution in [2.75, 3.05) is 5.32 Å². The van der Waals surface area contributed by atoms with Crippen LogP contribution in [0.1, 0.15) is 31.4 Å². The Morgan fingerprint density at radius 2 is 1.88 bits per heavy atom. The van der Waals surface area contributed by atoms with Crippen LogP contribution in [-0.2, 0) is 4.79 Å². The van der Waals surface area contributed by atoms with Crippen molar-refractivity contribution >= 4 is 36.4 Å². The van der Waals surface area contributed by atoms with Gasteiger partial charge in [-0.25, -0.2) is 4.98 Å². The first kappa shape index (κ1) is 24.2. The summed E-state index contributed by atoms with van der Waals surface area (Å²) in [6.45, 7) is 8.01.